The van der Waals surface area contributed by atoms with Crippen LogP contribution in [0.4, 0.5) is 5.82 Å². The van der Waals surface area contributed by atoms with Crippen molar-refractivity contribution in [2.75, 3.05) is 59.2 Å². The molecular formula is C28H34N6O3. The van der Waals surface area contributed by atoms with Crippen LogP contribution in [-0.2, 0) is 0 Å². The Morgan fingerprint density at radius 1 is 1.00 bits per heavy atom. The summed E-state index contributed by atoms with van der Waals surface area (Å²) >= 11 is 0. The molecule has 194 valence electrons. The van der Waals surface area contributed by atoms with Crippen molar-refractivity contribution in [3.63, 3.8) is 0 Å². The van der Waals surface area contributed by atoms with Crippen LogP contribution in [0.3, 0.4) is 0 Å². The minimum absolute atomic E-state index is 0.0671. The van der Waals surface area contributed by atoms with Crippen molar-refractivity contribution in [2.45, 2.75) is 12.8 Å². The number of carbonyl (C=O) groups excluding carboxylic acids is 2. The fraction of sp³-hybridized carbons (Fsp3) is 0.357. The molecule has 1 unspecified atom stereocenters. The Morgan fingerprint density at radius 2 is 1.70 bits per heavy atom. The van der Waals surface area contributed by atoms with Crippen LogP contribution in [-0.4, -0.2) is 85.5 Å². The van der Waals surface area contributed by atoms with Gasteiger partial charge in [0.2, 0.25) is 0 Å². The smallest absolute Gasteiger partial charge is 0.253 e. The number of nitrogens with zero attached hydrogens (tertiary/aromatic N) is 4. The van der Waals surface area contributed by atoms with E-state index in [1.165, 1.54) is 6.33 Å². The van der Waals surface area contributed by atoms with E-state index in [4.69, 9.17) is 4.74 Å². The SMILES string of the molecule is CNC(=O)c1ccc(C(C)CNc2cc(-c3ccc(C(=O)N4CCN(C)CC4)cc3)ncn2)c(OC)c1. The molecule has 2 N–H and O–H groups in total. The first kappa shape index (κ1) is 26.1. The van der Waals surface area contributed by atoms with Crippen molar-refractivity contribution in [1.29, 1.82) is 0 Å². The highest BCUT2D eigenvalue weighted by atomic mass is 16.5. The molecule has 1 aliphatic heterocycles. The fourth-order valence-corrected chi connectivity index (χ4v) is 4.36. The standard InChI is InChI=1S/C28H34N6O3/c1-19(23-10-9-22(27(35)29-2)15-25(23)37-4)17-30-26-16-24(31-18-32-26)20-5-7-21(8-6-20)28(36)34-13-11-33(3)12-14-34/h5-10,15-16,18-19H,11-14,17H2,1-4H3,(H,29,35)(H,30,31,32). The zero-order valence-electron chi connectivity index (χ0n) is 21.8. The van der Waals surface area contributed by atoms with Gasteiger partial charge in [0.05, 0.1) is 12.8 Å². The van der Waals surface area contributed by atoms with Crippen LogP contribution >= 0.6 is 0 Å². The first-order valence-corrected chi connectivity index (χ1v) is 12.4. The van der Waals surface area contributed by atoms with E-state index in [0.29, 0.717) is 29.2 Å². The fourth-order valence-electron chi connectivity index (χ4n) is 4.36. The number of ether oxygens (including phenoxy) is 1. The molecule has 2 heterocycles. The highest BCUT2D eigenvalue weighted by Crippen LogP contribution is 2.28. The second-order valence-electron chi connectivity index (χ2n) is 9.28. The van der Waals surface area contributed by atoms with Crippen LogP contribution in [0.15, 0.2) is 54.9 Å². The highest BCUT2D eigenvalue weighted by Gasteiger charge is 2.20. The van der Waals surface area contributed by atoms with Gasteiger partial charge in [-0.2, -0.15) is 0 Å². The summed E-state index contributed by atoms with van der Waals surface area (Å²) in [5.74, 6) is 1.39. The number of amides is 2. The second kappa shape index (κ2) is 11.8. The van der Waals surface area contributed by atoms with Crippen LogP contribution in [0.1, 0.15) is 39.1 Å². The number of carbonyl (C=O) groups is 2. The number of nitrogens with one attached hydrogen (secondary N) is 2. The third-order valence-corrected chi connectivity index (χ3v) is 6.73. The molecule has 0 aliphatic carbocycles. The summed E-state index contributed by atoms with van der Waals surface area (Å²) in [5.41, 5.74) is 3.93. The largest absolute Gasteiger partial charge is 0.496 e. The van der Waals surface area contributed by atoms with Crippen molar-refractivity contribution in [2.24, 2.45) is 0 Å². The molecule has 1 atom stereocenters. The molecule has 0 radical (unpaired) electrons. The molecule has 1 aliphatic rings. The molecule has 1 fully saturated rings. The van der Waals surface area contributed by atoms with Gasteiger partial charge < -0.3 is 25.2 Å². The number of hydrogen-bond donors (Lipinski definition) is 2. The van der Waals surface area contributed by atoms with Crippen molar-refractivity contribution < 1.29 is 14.3 Å². The average molecular weight is 503 g/mol. The number of methoxy groups -OCH3 is 1. The first-order chi connectivity index (χ1) is 17.9. The van der Waals surface area contributed by atoms with E-state index >= 15 is 0 Å². The summed E-state index contributed by atoms with van der Waals surface area (Å²) in [6.45, 7) is 5.99. The van der Waals surface area contributed by atoms with E-state index in [9.17, 15) is 9.59 Å². The van der Waals surface area contributed by atoms with Crippen molar-refractivity contribution in [3.05, 3.63) is 71.5 Å². The normalized spacial score (nSPS) is 14.6. The number of likely N-dealkylation sites (N-methyl/N-ethyl adjacent to an activating group) is 1. The van der Waals surface area contributed by atoms with E-state index in [-0.39, 0.29) is 17.7 Å². The Kier molecular flexibility index (Phi) is 8.35. The van der Waals surface area contributed by atoms with Crippen molar-refractivity contribution in [1.82, 2.24) is 25.1 Å². The summed E-state index contributed by atoms with van der Waals surface area (Å²) < 4.78 is 5.54. The summed E-state index contributed by atoms with van der Waals surface area (Å²) in [5, 5.41) is 6.01. The summed E-state index contributed by atoms with van der Waals surface area (Å²) in [6, 6.07) is 15.0. The minimum atomic E-state index is -0.152. The van der Waals surface area contributed by atoms with Crippen molar-refractivity contribution in [3.8, 4) is 17.0 Å². The molecular weight excluding hydrogens is 468 g/mol. The maximum absolute atomic E-state index is 12.8. The van der Waals surface area contributed by atoms with Gasteiger partial charge in [-0.3, -0.25) is 9.59 Å². The molecule has 9 nitrogen and oxygen atoms in total. The lowest BCUT2D eigenvalue weighted by atomic mass is 9.98. The van der Waals surface area contributed by atoms with Gasteiger partial charge in [-0.05, 0) is 36.9 Å². The molecule has 3 aromatic rings. The zero-order chi connectivity index (χ0) is 26.4. The van der Waals surface area contributed by atoms with E-state index in [1.807, 2.05) is 41.3 Å². The molecule has 2 amide bonds. The lowest BCUT2D eigenvalue weighted by molar-refractivity contribution is 0.0664. The second-order valence-corrected chi connectivity index (χ2v) is 9.28. The van der Waals surface area contributed by atoms with Gasteiger partial charge in [0, 0.05) is 68.4 Å². The van der Waals surface area contributed by atoms with Gasteiger partial charge in [0.15, 0.2) is 0 Å². The third kappa shape index (κ3) is 6.24. The van der Waals surface area contributed by atoms with Gasteiger partial charge in [0.1, 0.15) is 17.9 Å². The topological polar surface area (TPSA) is 99.7 Å². The van der Waals surface area contributed by atoms with E-state index in [0.717, 1.165) is 43.0 Å². The van der Waals surface area contributed by atoms with E-state index in [2.05, 4.69) is 39.5 Å². The van der Waals surface area contributed by atoms with Crippen molar-refractivity contribution >= 4 is 17.6 Å². The molecule has 9 heteroatoms. The molecule has 1 aromatic heterocycles. The number of hydrogen-bond acceptors (Lipinski definition) is 7. The number of rotatable bonds is 8. The van der Waals surface area contributed by atoms with Crippen LogP contribution in [0.5, 0.6) is 5.75 Å². The van der Waals surface area contributed by atoms with E-state index < -0.39 is 0 Å². The Balaban J connectivity index is 1.40. The number of anilines is 1. The molecule has 1 saturated heterocycles. The van der Waals surface area contributed by atoms with Crippen LogP contribution in [0.2, 0.25) is 0 Å². The summed E-state index contributed by atoms with van der Waals surface area (Å²) in [7, 11) is 5.28. The first-order valence-electron chi connectivity index (χ1n) is 12.4. The summed E-state index contributed by atoms with van der Waals surface area (Å²) in [6.07, 6.45) is 1.53. The summed E-state index contributed by atoms with van der Waals surface area (Å²) in [4.78, 5) is 37.7. The van der Waals surface area contributed by atoms with Crippen LogP contribution in [0, 0.1) is 0 Å². The quantitative estimate of drug-likeness (QED) is 0.488. The number of aromatic nitrogens is 2. The third-order valence-electron chi connectivity index (χ3n) is 6.73. The lowest BCUT2D eigenvalue weighted by Gasteiger charge is -2.32. The minimum Gasteiger partial charge on any atom is -0.496 e. The Labute approximate surface area is 217 Å². The predicted molar refractivity (Wildman–Crippen MR) is 144 cm³/mol. The van der Waals surface area contributed by atoms with Crippen LogP contribution in [0.25, 0.3) is 11.3 Å². The monoisotopic (exact) mass is 502 g/mol. The van der Waals surface area contributed by atoms with Crippen LogP contribution < -0.4 is 15.4 Å². The van der Waals surface area contributed by atoms with Gasteiger partial charge >= 0.3 is 0 Å². The van der Waals surface area contributed by atoms with Gasteiger partial charge in [0.25, 0.3) is 11.8 Å². The molecule has 0 bridgehead atoms. The number of piperazine rings is 1. The van der Waals surface area contributed by atoms with Gasteiger partial charge in [-0.1, -0.05) is 25.1 Å². The Morgan fingerprint density at radius 3 is 2.38 bits per heavy atom. The van der Waals surface area contributed by atoms with E-state index in [1.54, 1.807) is 26.3 Å². The van der Waals surface area contributed by atoms with Gasteiger partial charge in [-0.15, -0.1) is 0 Å². The lowest BCUT2D eigenvalue weighted by Crippen LogP contribution is -2.47. The maximum atomic E-state index is 12.8. The molecule has 2 aromatic carbocycles. The average Bonchev–Trinajstić information content (AvgIpc) is 2.95. The molecule has 0 saturated carbocycles. The maximum Gasteiger partial charge on any atom is 0.253 e. The number of benzene rings is 2. The molecule has 4 rings (SSSR count). The molecule has 37 heavy (non-hydrogen) atoms. The molecule has 0 spiro atoms. The zero-order valence-corrected chi connectivity index (χ0v) is 21.8. The predicted octanol–water partition coefficient (Wildman–Crippen LogP) is 3.12. The Bertz CT molecular complexity index is 1240. The Hall–Kier alpha value is -3.98. The van der Waals surface area contributed by atoms with Gasteiger partial charge in [-0.25, -0.2) is 9.97 Å². The highest BCUT2D eigenvalue weighted by molar-refractivity contribution is 5.95.